The zero-order valence-corrected chi connectivity index (χ0v) is 5.42. The Labute approximate surface area is 54.1 Å². The third-order valence-corrected chi connectivity index (χ3v) is 1.10. The fraction of sp³-hybridized carbons (Fsp3) is 0.500. The Morgan fingerprint density at radius 2 is 2.67 bits per heavy atom. The van der Waals surface area contributed by atoms with Crippen molar-refractivity contribution in [2.75, 3.05) is 13.6 Å². The van der Waals surface area contributed by atoms with E-state index in [4.69, 9.17) is 4.42 Å². The normalized spacial score (nSPS) is 9.89. The fourth-order valence-corrected chi connectivity index (χ4v) is 0.614. The zero-order valence-electron chi connectivity index (χ0n) is 5.42. The van der Waals surface area contributed by atoms with Gasteiger partial charge in [-0.15, -0.1) is 0 Å². The van der Waals surface area contributed by atoms with E-state index in [1.165, 1.54) is 6.39 Å². The molecule has 1 aromatic rings. The molecule has 0 aliphatic rings. The standard InChI is InChI=1S/C6H10N2O/c1-7-3-2-6-4-8-5-9-6/h4-5,7H,2-3H2,1H3. The minimum absolute atomic E-state index is 0.913. The number of likely N-dealkylation sites (N-methyl/N-ethyl adjacent to an activating group) is 1. The van der Waals surface area contributed by atoms with Crippen molar-refractivity contribution in [3.05, 3.63) is 18.4 Å². The van der Waals surface area contributed by atoms with Gasteiger partial charge in [0.25, 0.3) is 0 Å². The molecular formula is C6H10N2O. The fourth-order valence-electron chi connectivity index (χ4n) is 0.614. The van der Waals surface area contributed by atoms with Crippen LogP contribution < -0.4 is 5.32 Å². The summed E-state index contributed by atoms with van der Waals surface area (Å²) in [6, 6.07) is 0. The summed E-state index contributed by atoms with van der Waals surface area (Å²) in [6.45, 7) is 0.940. The first-order valence-corrected chi connectivity index (χ1v) is 2.95. The lowest BCUT2D eigenvalue weighted by Gasteiger charge is -1.91. The lowest BCUT2D eigenvalue weighted by atomic mass is 10.3. The molecule has 3 heteroatoms. The van der Waals surface area contributed by atoms with E-state index in [-0.39, 0.29) is 0 Å². The van der Waals surface area contributed by atoms with Gasteiger partial charge in [0, 0.05) is 13.0 Å². The molecular weight excluding hydrogens is 116 g/mol. The van der Waals surface area contributed by atoms with Gasteiger partial charge >= 0.3 is 0 Å². The van der Waals surface area contributed by atoms with Gasteiger partial charge in [-0.2, -0.15) is 0 Å². The van der Waals surface area contributed by atoms with Gasteiger partial charge in [-0.3, -0.25) is 0 Å². The van der Waals surface area contributed by atoms with Crippen molar-refractivity contribution >= 4 is 0 Å². The molecule has 50 valence electrons. The molecule has 0 bridgehead atoms. The second-order valence-electron chi connectivity index (χ2n) is 1.82. The van der Waals surface area contributed by atoms with Crippen LogP contribution in [0.1, 0.15) is 5.76 Å². The lowest BCUT2D eigenvalue weighted by Crippen LogP contribution is -2.09. The Balaban J connectivity index is 2.30. The van der Waals surface area contributed by atoms with Crippen LogP contribution in [0.4, 0.5) is 0 Å². The van der Waals surface area contributed by atoms with Crippen LogP contribution >= 0.6 is 0 Å². The second kappa shape index (κ2) is 3.25. The van der Waals surface area contributed by atoms with Gasteiger partial charge in [0.15, 0.2) is 6.39 Å². The Hall–Kier alpha value is -0.830. The number of nitrogens with one attached hydrogen (secondary N) is 1. The number of hydrogen-bond donors (Lipinski definition) is 1. The SMILES string of the molecule is CNCCc1cnco1. The van der Waals surface area contributed by atoms with Gasteiger partial charge in [0.05, 0.1) is 6.20 Å². The predicted octanol–water partition coefficient (Wildman–Crippen LogP) is 0.436. The largest absolute Gasteiger partial charge is 0.448 e. The number of oxazole rings is 1. The van der Waals surface area contributed by atoms with Crippen molar-refractivity contribution in [1.29, 1.82) is 0 Å². The molecule has 0 amide bonds. The van der Waals surface area contributed by atoms with Crippen LogP contribution in [0.3, 0.4) is 0 Å². The van der Waals surface area contributed by atoms with Crippen LogP contribution in [0.25, 0.3) is 0 Å². The van der Waals surface area contributed by atoms with Gasteiger partial charge in [0.1, 0.15) is 5.76 Å². The van der Waals surface area contributed by atoms with Crippen molar-refractivity contribution in [2.24, 2.45) is 0 Å². The third-order valence-electron chi connectivity index (χ3n) is 1.10. The number of nitrogens with zero attached hydrogens (tertiary/aromatic N) is 1. The summed E-state index contributed by atoms with van der Waals surface area (Å²) in [5, 5.41) is 3.02. The molecule has 0 radical (unpaired) electrons. The second-order valence-corrected chi connectivity index (χ2v) is 1.82. The molecule has 3 nitrogen and oxygen atoms in total. The van der Waals surface area contributed by atoms with Crippen molar-refractivity contribution in [3.63, 3.8) is 0 Å². The Morgan fingerprint density at radius 1 is 1.78 bits per heavy atom. The lowest BCUT2D eigenvalue weighted by molar-refractivity contribution is 0.499. The molecule has 0 atom stereocenters. The highest BCUT2D eigenvalue weighted by molar-refractivity contribution is 4.88. The maximum atomic E-state index is 4.98. The number of rotatable bonds is 3. The van der Waals surface area contributed by atoms with E-state index < -0.39 is 0 Å². The summed E-state index contributed by atoms with van der Waals surface area (Å²) in [7, 11) is 1.91. The summed E-state index contributed by atoms with van der Waals surface area (Å²) in [5.74, 6) is 0.935. The Bertz CT molecular complexity index is 148. The molecule has 1 rings (SSSR count). The maximum absolute atomic E-state index is 4.98. The summed E-state index contributed by atoms with van der Waals surface area (Å²) in [5.41, 5.74) is 0. The van der Waals surface area contributed by atoms with Crippen LogP contribution in [0.2, 0.25) is 0 Å². The molecule has 0 fully saturated rings. The molecule has 0 aromatic carbocycles. The van der Waals surface area contributed by atoms with Crippen LogP contribution in [-0.4, -0.2) is 18.6 Å². The molecule has 1 aromatic heterocycles. The smallest absolute Gasteiger partial charge is 0.180 e. The molecule has 0 unspecified atom stereocenters. The van der Waals surface area contributed by atoms with Gasteiger partial charge in [-0.05, 0) is 7.05 Å². The van der Waals surface area contributed by atoms with Gasteiger partial charge in [-0.25, -0.2) is 4.98 Å². The van der Waals surface area contributed by atoms with Crippen molar-refractivity contribution in [3.8, 4) is 0 Å². The van der Waals surface area contributed by atoms with Gasteiger partial charge in [0.2, 0.25) is 0 Å². The summed E-state index contributed by atoms with van der Waals surface area (Å²) >= 11 is 0. The first-order valence-electron chi connectivity index (χ1n) is 2.95. The van der Waals surface area contributed by atoms with Crippen molar-refractivity contribution in [1.82, 2.24) is 10.3 Å². The highest BCUT2D eigenvalue weighted by Gasteiger charge is 1.92. The monoisotopic (exact) mass is 126 g/mol. The molecule has 0 saturated heterocycles. The molecule has 1 heterocycles. The molecule has 1 N–H and O–H groups in total. The number of aromatic nitrogens is 1. The van der Waals surface area contributed by atoms with Gasteiger partial charge < -0.3 is 9.73 Å². The Kier molecular flexibility index (Phi) is 2.27. The molecule has 0 saturated carbocycles. The summed E-state index contributed by atoms with van der Waals surface area (Å²) < 4.78 is 4.98. The van der Waals surface area contributed by atoms with E-state index in [0.717, 1.165) is 18.7 Å². The average molecular weight is 126 g/mol. The molecule has 0 aliphatic carbocycles. The predicted molar refractivity (Wildman–Crippen MR) is 34.1 cm³/mol. The van der Waals surface area contributed by atoms with Crippen LogP contribution in [0, 0.1) is 0 Å². The quantitative estimate of drug-likeness (QED) is 0.638. The van der Waals surface area contributed by atoms with E-state index in [1.807, 2.05) is 7.05 Å². The highest BCUT2D eigenvalue weighted by atomic mass is 16.3. The van der Waals surface area contributed by atoms with Crippen molar-refractivity contribution in [2.45, 2.75) is 6.42 Å². The average Bonchev–Trinajstić information content (AvgIpc) is 2.34. The minimum Gasteiger partial charge on any atom is -0.448 e. The van der Waals surface area contributed by atoms with E-state index >= 15 is 0 Å². The zero-order chi connectivity index (χ0) is 6.53. The van der Waals surface area contributed by atoms with E-state index in [2.05, 4.69) is 10.3 Å². The van der Waals surface area contributed by atoms with E-state index in [0.29, 0.717) is 0 Å². The molecule has 9 heavy (non-hydrogen) atoms. The van der Waals surface area contributed by atoms with E-state index in [9.17, 15) is 0 Å². The van der Waals surface area contributed by atoms with Crippen LogP contribution in [0.15, 0.2) is 17.0 Å². The summed E-state index contributed by atoms with van der Waals surface area (Å²) in [6.07, 6.45) is 4.10. The first-order chi connectivity index (χ1) is 4.43. The highest BCUT2D eigenvalue weighted by Crippen LogP contribution is 1.95. The maximum Gasteiger partial charge on any atom is 0.180 e. The number of hydrogen-bond acceptors (Lipinski definition) is 3. The molecule has 0 spiro atoms. The minimum atomic E-state index is 0.913. The summed E-state index contributed by atoms with van der Waals surface area (Å²) in [4.78, 5) is 3.78. The molecule has 0 aliphatic heterocycles. The topological polar surface area (TPSA) is 38.1 Å². The Morgan fingerprint density at radius 3 is 3.22 bits per heavy atom. The van der Waals surface area contributed by atoms with Crippen molar-refractivity contribution < 1.29 is 4.42 Å². The van der Waals surface area contributed by atoms with E-state index in [1.54, 1.807) is 6.20 Å². The third kappa shape index (κ3) is 1.85. The first kappa shape index (κ1) is 6.29. The van der Waals surface area contributed by atoms with Crippen LogP contribution in [-0.2, 0) is 6.42 Å². The van der Waals surface area contributed by atoms with Crippen LogP contribution in [0.5, 0.6) is 0 Å². The van der Waals surface area contributed by atoms with Gasteiger partial charge in [-0.1, -0.05) is 0 Å².